The van der Waals surface area contributed by atoms with Crippen LogP contribution in [0.5, 0.6) is 0 Å². The lowest BCUT2D eigenvalue weighted by Gasteiger charge is -2.31. The monoisotopic (exact) mass is 244 g/mol. The molecule has 0 aromatic carbocycles. The Labute approximate surface area is 104 Å². The summed E-state index contributed by atoms with van der Waals surface area (Å²) in [6.45, 7) is 2.44. The maximum atomic E-state index is 12.3. The molecule has 1 aromatic heterocycles. The lowest BCUT2D eigenvalue weighted by Crippen LogP contribution is -2.39. The minimum absolute atomic E-state index is 0.125. The Morgan fingerprint density at radius 3 is 2.72 bits per heavy atom. The zero-order chi connectivity index (χ0) is 12.5. The van der Waals surface area contributed by atoms with Crippen LogP contribution in [0.2, 0.25) is 0 Å². The van der Waals surface area contributed by atoms with Crippen LogP contribution in [0.3, 0.4) is 0 Å². The van der Waals surface area contributed by atoms with Gasteiger partial charge in [0.2, 0.25) is 5.78 Å². The van der Waals surface area contributed by atoms with E-state index in [2.05, 4.69) is 4.98 Å². The number of hydrogen-bond acceptors (Lipinski definition) is 5. The standard InChI is InChI=1S/C13H12N2O3/c16-12-7-11(15-3-5-18-6-4-15)13(17)10-8-14-2-1-9(10)12/h1-2,7-8H,3-6H2. The van der Waals surface area contributed by atoms with Gasteiger partial charge in [-0.3, -0.25) is 14.6 Å². The molecule has 0 atom stereocenters. The molecule has 2 aliphatic rings. The molecular weight excluding hydrogens is 232 g/mol. The van der Waals surface area contributed by atoms with Crippen LogP contribution in [0.1, 0.15) is 20.7 Å². The lowest BCUT2D eigenvalue weighted by molar-refractivity contribution is 0.0501. The molecule has 0 spiro atoms. The van der Waals surface area contributed by atoms with Crippen molar-refractivity contribution >= 4 is 11.6 Å². The molecule has 0 N–H and O–H groups in total. The molecule has 1 aromatic rings. The van der Waals surface area contributed by atoms with Crippen LogP contribution >= 0.6 is 0 Å². The van der Waals surface area contributed by atoms with Crippen molar-refractivity contribution < 1.29 is 14.3 Å². The van der Waals surface area contributed by atoms with Crippen molar-refractivity contribution in [2.75, 3.05) is 26.3 Å². The second-order valence-corrected chi connectivity index (χ2v) is 4.24. The fourth-order valence-corrected chi connectivity index (χ4v) is 2.23. The summed E-state index contributed by atoms with van der Waals surface area (Å²) in [6, 6.07) is 1.59. The summed E-state index contributed by atoms with van der Waals surface area (Å²) < 4.78 is 5.24. The Balaban J connectivity index is 1.98. The molecule has 1 fully saturated rings. The topological polar surface area (TPSA) is 59.5 Å². The molecule has 2 heterocycles. The van der Waals surface area contributed by atoms with E-state index in [0.29, 0.717) is 43.1 Å². The number of fused-ring (bicyclic) bond motifs is 1. The van der Waals surface area contributed by atoms with Crippen LogP contribution in [-0.2, 0) is 4.74 Å². The summed E-state index contributed by atoms with van der Waals surface area (Å²) >= 11 is 0. The summed E-state index contributed by atoms with van der Waals surface area (Å²) in [4.78, 5) is 30.1. The number of hydrogen-bond donors (Lipinski definition) is 0. The summed E-state index contributed by atoms with van der Waals surface area (Å²) in [6.07, 6.45) is 4.41. The first-order valence-corrected chi connectivity index (χ1v) is 5.85. The van der Waals surface area contributed by atoms with Gasteiger partial charge in [-0.15, -0.1) is 0 Å². The molecule has 0 amide bonds. The first kappa shape index (κ1) is 11.1. The Morgan fingerprint density at radius 1 is 1.17 bits per heavy atom. The van der Waals surface area contributed by atoms with Crippen molar-refractivity contribution in [1.29, 1.82) is 0 Å². The highest BCUT2D eigenvalue weighted by molar-refractivity contribution is 6.24. The van der Waals surface area contributed by atoms with Gasteiger partial charge in [0, 0.05) is 37.1 Å². The Hall–Kier alpha value is -2.01. The number of aromatic nitrogens is 1. The minimum Gasteiger partial charge on any atom is -0.378 e. The molecule has 18 heavy (non-hydrogen) atoms. The fourth-order valence-electron chi connectivity index (χ4n) is 2.23. The van der Waals surface area contributed by atoms with Crippen molar-refractivity contribution in [1.82, 2.24) is 9.88 Å². The smallest absolute Gasteiger partial charge is 0.211 e. The predicted molar refractivity (Wildman–Crippen MR) is 63.4 cm³/mol. The Kier molecular flexibility index (Phi) is 2.68. The van der Waals surface area contributed by atoms with Gasteiger partial charge in [0.15, 0.2) is 5.78 Å². The first-order valence-electron chi connectivity index (χ1n) is 5.85. The maximum Gasteiger partial charge on any atom is 0.211 e. The molecule has 1 aliphatic heterocycles. The van der Waals surface area contributed by atoms with Crippen LogP contribution in [0.25, 0.3) is 0 Å². The molecule has 1 aliphatic carbocycles. The summed E-state index contributed by atoms with van der Waals surface area (Å²) in [7, 11) is 0. The number of pyridine rings is 1. The van der Waals surface area contributed by atoms with E-state index in [1.165, 1.54) is 18.5 Å². The highest BCUT2D eigenvalue weighted by atomic mass is 16.5. The third-order valence-corrected chi connectivity index (χ3v) is 3.18. The molecule has 0 radical (unpaired) electrons. The van der Waals surface area contributed by atoms with E-state index in [4.69, 9.17) is 4.74 Å². The number of Topliss-reactive ketones (excluding diaryl/α,β-unsaturated/α-hetero) is 1. The van der Waals surface area contributed by atoms with Crippen molar-refractivity contribution in [3.8, 4) is 0 Å². The van der Waals surface area contributed by atoms with Crippen LogP contribution in [0, 0.1) is 0 Å². The van der Waals surface area contributed by atoms with Gasteiger partial charge in [0.25, 0.3) is 0 Å². The van der Waals surface area contributed by atoms with Gasteiger partial charge in [-0.05, 0) is 6.07 Å². The number of carbonyl (C=O) groups excluding carboxylic acids is 2. The molecule has 0 unspecified atom stereocenters. The Morgan fingerprint density at radius 2 is 1.94 bits per heavy atom. The molecule has 0 saturated carbocycles. The molecule has 3 rings (SSSR count). The number of allylic oxidation sites excluding steroid dienone is 2. The van der Waals surface area contributed by atoms with E-state index in [0.717, 1.165) is 0 Å². The van der Waals surface area contributed by atoms with E-state index in [1.807, 2.05) is 4.90 Å². The van der Waals surface area contributed by atoms with E-state index in [1.54, 1.807) is 6.07 Å². The van der Waals surface area contributed by atoms with E-state index in [-0.39, 0.29) is 11.6 Å². The predicted octanol–water partition coefficient (Wildman–Crippen LogP) is 0.677. The summed E-state index contributed by atoms with van der Waals surface area (Å²) in [5.41, 5.74) is 1.29. The van der Waals surface area contributed by atoms with Gasteiger partial charge < -0.3 is 9.64 Å². The summed E-state index contributed by atoms with van der Waals surface area (Å²) in [5, 5.41) is 0. The quantitative estimate of drug-likeness (QED) is 0.727. The Bertz CT molecular complexity index is 545. The average molecular weight is 244 g/mol. The molecule has 5 nitrogen and oxygen atoms in total. The molecule has 92 valence electrons. The highest BCUT2D eigenvalue weighted by Gasteiger charge is 2.29. The van der Waals surface area contributed by atoms with E-state index >= 15 is 0 Å². The van der Waals surface area contributed by atoms with Crippen LogP contribution < -0.4 is 0 Å². The van der Waals surface area contributed by atoms with Crippen molar-refractivity contribution in [3.63, 3.8) is 0 Å². The SMILES string of the molecule is O=C1C=C(N2CCOCC2)C(=O)c2cnccc21. The number of carbonyl (C=O) groups is 2. The first-order chi connectivity index (χ1) is 8.77. The minimum atomic E-state index is -0.131. The van der Waals surface area contributed by atoms with Crippen molar-refractivity contribution in [2.24, 2.45) is 0 Å². The van der Waals surface area contributed by atoms with Gasteiger partial charge in [-0.2, -0.15) is 0 Å². The van der Waals surface area contributed by atoms with E-state index in [9.17, 15) is 9.59 Å². The number of ketones is 2. The third kappa shape index (κ3) is 1.73. The van der Waals surface area contributed by atoms with Gasteiger partial charge in [-0.1, -0.05) is 0 Å². The van der Waals surface area contributed by atoms with Gasteiger partial charge in [-0.25, -0.2) is 0 Å². The lowest BCUT2D eigenvalue weighted by atomic mass is 9.94. The second-order valence-electron chi connectivity index (χ2n) is 4.24. The molecule has 0 bridgehead atoms. The molecule has 5 heteroatoms. The highest BCUT2D eigenvalue weighted by Crippen LogP contribution is 2.23. The van der Waals surface area contributed by atoms with E-state index < -0.39 is 0 Å². The van der Waals surface area contributed by atoms with Crippen molar-refractivity contribution in [2.45, 2.75) is 0 Å². The number of morpholine rings is 1. The normalized spacial score (nSPS) is 19.6. The van der Waals surface area contributed by atoms with Crippen LogP contribution in [-0.4, -0.2) is 47.8 Å². The van der Waals surface area contributed by atoms with Gasteiger partial charge in [0.1, 0.15) is 0 Å². The second kappa shape index (κ2) is 4.34. The zero-order valence-corrected chi connectivity index (χ0v) is 9.76. The largest absolute Gasteiger partial charge is 0.378 e. The van der Waals surface area contributed by atoms with Crippen LogP contribution in [0.4, 0.5) is 0 Å². The molecular formula is C13H12N2O3. The fraction of sp³-hybridized carbons (Fsp3) is 0.308. The number of nitrogens with zero attached hydrogens (tertiary/aromatic N) is 2. The average Bonchev–Trinajstić information content (AvgIpc) is 2.44. The molecule has 1 saturated heterocycles. The van der Waals surface area contributed by atoms with Gasteiger partial charge in [0.05, 0.1) is 24.5 Å². The van der Waals surface area contributed by atoms with Crippen LogP contribution in [0.15, 0.2) is 30.2 Å². The number of ether oxygens (including phenoxy) is 1. The van der Waals surface area contributed by atoms with Crippen molar-refractivity contribution in [3.05, 3.63) is 41.4 Å². The summed E-state index contributed by atoms with van der Waals surface area (Å²) in [5.74, 6) is -0.256. The maximum absolute atomic E-state index is 12.3. The third-order valence-electron chi connectivity index (χ3n) is 3.18. The van der Waals surface area contributed by atoms with Gasteiger partial charge >= 0.3 is 0 Å². The zero-order valence-electron chi connectivity index (χ0n) is 9.76. The number of rotatable bonds is 1.